The van der Waals surface area contributed by atoms with E-state index in [4.69, 9.17) is 8.92 Å². The third-order valence-corrected chi connectivity index (χ3v) is 4.98. The van der Waals surface area contributed by atoms with Gasteiger partial charge in [0.25, 0.3) is 10.1 Å². The summed E-state index contributed by atoms with van der Waals surface area (Å²) < 4.78 is 35.4. The van der Waals surface area contributed by atoms with Gasteiger partial charge in [0.05, 0.1) is 17.5 Å². The molecule has 7 heteroatoms. The van der Waals surface area contributed by atoms with Crippen molar-refractivity contribution in [1.29, 1.82) is 0 Å². The van der Waals surface area contributed by atoms with Gasteiger partial charge in [0, 0.05) is 6.54 Å². The van der Waals surface area contributed by atoms with Gasteiger partial charge in [0.1, 0.15) is 5.60 Å². The van der Waals surface area contributed by atoms with Crippen LogP contribution in [0.4, 0.5) is 4.79 Å². The number of piperidine rings is 1. The number of rotatable bonds is 3. The Bertz CT molecular complexity index is 676. The fraction of sp³-hybridized carbons (Fsp3) is 0.588. The Hall–Kier alpha value is -1.60. The molecule has 1 aliphatic heterocycles. The number of ether oxygens (including phenoxy) is 1. The molecule has 2 rings (SSSR count). The lowest BCUT2D eigenvalue weighted by Crippen LogP contribution is -2.45. The lowest BCUT2D eigenvalue weighted by Gasteiger charge is -2.33. The van der Waals surface area contributed by atoms with Gasteiger partial charge < -0.3 is 9.64 Å². The zero-order valence-electron chi connectivity index (χ0n) is 14.6. The molecule has 0 aliphatic carbocycles. The standard InChI is InChI=1S/C17H25NO5S/c1-13-7-9-15(10-8-13)24(20,21)23-14-6-5-11-18(12-14)16(19)22-17(2,3)4/h7-10,14H,5-6,11-12H2,1-4H3/t14-/m0/s1. The zero-order chi connectivity index (χ0) is 18.0. The average molecular weight is 355 g/mol. The Morgan fingerprint density at radius 1 is 1.21 bits per heavy atom. The Morgan fingerprint density at radius 3 is 2.42 bits per heavy atom. The van der Waals surface area contributed by atoms with Gasteiger partial charge in [-0.1, -0.05) is 17.7 Å². The fourth-order valence-electron chi connectivity index (χ4n) is 2.45. The van der Waals surface area contributed by atoms with E-state index in [1.165, 1.54) is 17.0 Å². The lowest BCUT2D eigenvalue weighted by molar-refractivity contribution is 0.00840. The average Bonchev–Trinajstić information content (AvgIpc) is 2.45. The number of carbonyl (C=O) groups excluding carboxylic acids is 1. The normalized spacial score (nSPS) is 19.2. The van der Waals surface area contributed by atoms with Gasteiger partial charge in [0.15, 0.2) is 0 Å². The van der Waals surface area contributed by atoms with Crippen molar-refractivity contribution >= 4 is 16.2 Å². The van der Waals surface area contributed by atoms with E-state index in [0.717, 1.165) is 5.56 Å². The van der Waals surface area contributed by atoms with Crippen LogP contribution in [0.1, 0.15) is 39.2 Å². The maximum Gasteiger partial charge on any atom is 0.410 e. The lowest BCUT2D eigenvalue weighted by atomic mass is 10.1. The first kappa shape index (κ1) is 18.7. The molecule has 1 heterocycles. The van der Waals surface area contributed by atoms with Crippen LogP contribution in [0.5, 0.6) is 0 Å². The minimum atomic E-state index is -3.84. The van der Waals surface area contributed by atoms with Crippen LogP contribution >= 0.6 is 0 Å². The van der Waals surface area contributed by atoms with Crippen molar-refractivity contribution in [2.45, 2.75) is 57.1 Å². The molecule has 24 heavy (non-hydrogen) atoms. The number of likely N-dealkylation sites (tertiary alicyclic amines) is 1. The number of aryl methyl sites for hydroxylation is 1. The molecule has 0 N–H and O–H groups in total. The van der Waals surface area contributed by atoms with Crippen molar-refractivity contribution in [3.63, 3.8) is 0 Å². The Labute approximate surface area is 143 Å². The number of benzene rings is 1. The summed E-state index contributed by atoms with van der Waals surface area (Å²) in [7, 11) is -3.84. The molecule has 0 bridgehead atoms. The zero-order valence-corrected chi connectivity index (χ0v) is 15.4. The van der Waals surface area contributed by atoms with Gasteiger partial charge in [-0.05, 0) is 52.7 Å². The summed E-state index contributed by atoms with van der Waals surface area (Å²) in [5, 5.41) is 0. The van der Waals surface area contributed by atoms with Crippen LogP contribution in [0.2, 0.25) is 0 Å². The van der Waals surface area contributed by atoms with E-state index >= 15 is 0 Å². The van der Waals surface area contributed by atoms with Crippen LogP contribution in [-0.4, -0.2) is 44.2 Å². The molecule has 1 saturated heterocycles. The summed E-state index contributed by atoms with van der Waals surface area (Å²) in [6, 6.07) is 6.51. The van der Waals surface area contributed by atoms with Crippen LogP contribution in [0, 0.1) is 6.92 Å². The van der Waals surface area contributed by atoms with Crippen molar-refractivity contribution in [3.8, 4) is 0 Å². The minimum Gasteiger partial charge on any atom is -0.444 e. The highest BCUT2D eigenvalue weighted by Gasteiger charge is 2.31. The number of carbonyl (C=O) groups is 1. The van der Waals surface area contributed by atoms with Gasteiger partial charge in [0.2, 0.25) is 0 Å². The van der Waals surface area contributed by atoms with Gasteiger partial charge in [-0.25, -0.2) is 4.79 Å². The number of hydrogen-bond acceptors (Lipinski definition) is 5. The second-order valence-electron chi connectivity index (χ2n) is 7.05. The molecule has 6 nitrogen and oxygen atoms in total. The molecule has 1 atom stereocenters. The van der Waals surface area contributed by atoms with E-state index in [1.54, 1.807) is 32.9 Å². The summed E-state index contributed by atoms with van der Waals surface area (Å²) in [5.74, 6) is 0. The van der Waals surface area contributed by atoms with Crippen LogP contribution in [0.25, 0.3) is 0 Å². The predicted octanol–water partition coefficient (Wildman–Crippen LogP) is 3.10. The van der Waals surface area contributed by atoms with E-state index in [2.05, 4.69) is 0 Å². The van der Waals surface area contributed by atoms with E-state index in [0.29, 0.717) is 19.4 Å². The molecular formula is C17H25NO5S. The first-order chi connectivity index (χ1) is 11.1. The Morgan fingerprint density at radius 2 is 1.83 bits per heavy atom. The van der Waals surface area contributed by atoms with Crippen LogP contribution in [0.3, 0.4) is 0 Å². The highest BCUT2D eigenvalue weighted by Crippen LogP contribution is 2.22. The van der Waals surface area contributed by atoms with E-state index in [1.807, 2.05) is 6.92 Å². The molecule has 1 aromatic rings. The Kier molecular flexibility index (Phi) is 5.55. The predicted molar refractivity (Wildman–Crippen MR) is 90.3 cm³/mol. The number of nitrogens with zero attached hydrogens (tertiary/aromatic N) is 1. The quantitative estimate of drug-likeness (QED) is 0.779. The van der Waals surface area contributed by atoms with Gasteiger partial charge in [-0.15, -0.1) is 0 Å². The summed E-state index contributed by atoms with van der Waals surface area (Å²) in [4.78, 5) is 13.8. The van der Waals surface area contributed by atoms with Crippen molar-refractivity contribution in [2.75, 3.05) is 13.1 Å². The third-order valence-electron chi connectivity index (χ3n) is 3.60. The molecule has 0 radical (unpaired) electrons. The van der Waals surface area contributed by atoms with Gasteiger partial charge >= 0.3 is 6.09 Å². The third kappa shape index (κ3) is 5.21. The summed E-state index contributed by atoms with van der Waals surface area (Å²) >= 11 is 0. The van der Waals surface area contributed by atoms with E-state index in [9.17, 15) is 13.2 Å². The SMILES string of the molecule is Cc1ccc(S(=O)(=O)O[C@H]2CCCN(C(=O)OC(C)(C)C)C2)cc1. The minimum absolute atomic E-state index is 0.127. The molecule has 0 aromatic heterocycles. The van der Waals surface area contributed by atoms with E-state index < -0.39 is 27.9 Å². The Balaban J connectivity index is 2.02. The monoisotopic (exact) mass is 355 g/mol. The van der Waals surface area contributed by atoms with Gasteiger partial charge in [-0.3, -0.25) is 4.18 Å². The topological polar surface area (TPSA) is 72.9 Å². The van der Waals surface area contributed by atoms with Crippen LogP contribution < -0.4 is 0 Å². The first-order valence-electron chi connectivity index (χ1n) is 8.05. The molecule has 134 valence electrons. The first-order valence-corrected chi connectivity index (χ1v) is 9.45. The van der Waals surface area contributed by atoms with Crippen LogP contribution in [0.15, 0.2) is 29.2 Å². The summed E-state index contributed by atoms with van der Waals surface area (Å²) in [5.41, 5.74) is 0.390. The smallest absolute Gasteiger partial charge is 0.410 e. The fourth-order valence-corrected chi connectivity index (χ4v) is 3.54. The van der Waals surface area contributed by atoms with Crippen molar-refractivity contribution in [3.05, 3.63) is 29.8 Å². The van der Waals surface area contributed by atoms with Crippen molar-refractivity contribution < 1.29 is 22.1 Å². The number of amides is 1. The van der Waals surface area contributed by atoms with Crippen LogP contribution in [-0.2, 0) is 19.0 Å². The maximum atomic E-state index is 12.4. The molecule has 1 aliphatic rings. The number of hydrogen-bond donors (Lipinski definition) is 0. The highest BCUT2D eigenvalue weighted by atomic mass is 32.2. The summed E-state index contributed by atoms with van der Waals surface area (Å²) in [6.07, 6.45) is 0.263. The second kappa shape index (κ2) is 7.11. The van der Waals surface area contributed by atoms with Crippen molar-refractivity contribution in [1.82, 2.24) is 4.90 Å². The molecule has 0 saturated carbocycles. The molecule has 0 unspecified atom stereocenters. The second-order valence-corrected chi connectivity index (χ2v) is 8.63. The highest BCUT2D eigenvalue weighted by molar-refractivity contribution is 7.86. The molecular weight excluding hydrogens is 330 g/mol. The molecule has 1 aromatic carbocycles. The maximum absolute atomic E-state index is 12.4. The van der Waals surface area contributed by atoms with Crippen molar-refractivity contribution in [2.24, 2.45) is 0 Å². The van der Waals surface area contributed by atoms with E-state index in [-0.39, 0.29) is 11.4 Å². The summed E-state index contributed by atoms with van der Waals surface area (Å²) in [6.45, 7) is 8.02. The molecule has 0 spiro atoms. The largest absolute Gasteiger partial charge is 0.444 e. The molecule has 1 amide bonds. The molecule has 1 fully saturated rings. The van der Waals surface area contributed by atoms with Gasteiger partial charge in [-0.2, -0.15) is 8.42 Å².